The number of halogens is 1. The Balaban J connectivity index is 2.13. The second-order valence-electron chi connectivity index (χ2n) is 3.81. The van der Waals surface area contributed by atoms with E-state index in [1.54, 1.807) is 0 Å². The first kappa shape index (κ1) is 11.1. The molecule has 1 aromatic carbocycles. The fraction of sp³-hybridized carbons (Fsp3) is 0.167. The highest BCUT2D eigenvalue weighted by Gasteiger charge is 2.18. The lowest BCUT2D eigenvalue weighted by Crippen LogP contribution is -1.93. The molecule has 0 aliphatic carbocycles. The highest BCUT2D eigenvalue weighted by Crippen LogP contribution is 2.36. The van der Waals surface area contributed by atoms with Crippen molar-refractivity contribution < 1.29 is 9.47 Å². The van der Waals surface area contributed by atoms with Gasteiger partial charge in [-0.2, -0.15) is 5.26 Å². The van der Waals surface area contributed by atoms with E-state index in [4.69, 9.17) is 14.7 Å². The summed E-state index contributed by atoms with van der Waals surface area (Å²) in [5, 5.41) is 8.96. The van der Waals surface area contributed by atoms with Gasteiger partial charge in [0.2, 0.25) is 6.79 Å². The highest BCUT2D eigenvalue weighted by molar-refractivity contribution is 9.10. The number of rotatable bonds is 1. The van der Waals surface area contributed by atoms with Crippen molar-refractivity contribution in [2.45, 2.75) is 0 Å². The zero-order chi connectivity index (χ0) is 12.7. The minimum absolute atomic E-state index is 0.243. The third-order valence-corrected chi connectivity index (χ3v) is 3.67. The maximum atomic E-state index is 8.96. The van der Waals surface area contributed by atoms with E-state index in [0.29, 0.717) is 21.9 Å². The standard InChI is InChI=1S/C12H8BrN3O2/c1-16-11(13)8(5-14)15-12(16)7-2-3-9-10(4-7)18-6-17-9/h2-4H,6H2,1H3. The molecule has 90 valence electrons. The summed E-state index contributed by atoms with van der Waals surface area (Å²) in [4.78, 5) is 4.28. The van der Waals surface area contributed by atoms with Gasteiger partial charge in [-0.3, -0.25) is 0 Å². The van der Waals surface area contributed by atoms with E-state index >= 15 is 0 Å². The molecular weight excluding hydrogens is 298 g/mol. The smallest absolute Gasteiger partial charge is 0.231 e. The molecule has 2 heterocycles. The SMILES string of the molecule is Cn1c(-c2ccc3c(c2)OCO3)nc(C#N)c1Br. The van der Waals surface area contributed by atoms with Gasteiger partial charge in [-0.1, -0.05) is 0 Å². The summed E-state index contributed by atoms with van der Waals surface area (Å²) in [7, 11) is 1.85. The zero-order valence-corrected chi connectivity index (χ0v) is 11.1. The Hall–Kier alpha value is -2.00. The minimum atomic E-state index is 0.243. The van der Waals surface area contributed by atoms with Crippen LogP contribution in [0.25, 0.3) is 11.4 Å². The summed E-state index contributed by atoms with van der Waals surface area (Å²) in [6, 6.07) is 7.64. The molecular formula is C12H8BrN3O2. The maximum Gasteiger partial charge on any atom is 0.231 e. The Morgan fingerprint density at radius 3 is 2.89 bits per heavy atom. The second-order valence-corrected chi connectivity index (χ2v) is 4.56. The van der Waals surface area contributed by atoms with Gasteiger partial charge in [0.05, 0.1) is 0 Å². The van der Waals surface area contributed by atoms with Gasteiger partial charge < -0.3 is 14.0 Å². The summed E-state index contributed by atoms with van der Waals surface area (Å²) < 4.78 is 13.1. The quantitative estimate of drug-likeness (QED) is 0.812. The van der Waals surface area contributed by atoms with Gasteiger partial charge in [-0.05, 0) is 34.1 Å². The number of imidazole rings is 1. The summed E-state index contributed by atoms with van der Waals surface area (Å²) in [5.41, 5.74) is 1.24. The molecule has 0 N–H and O–H groups in total. The second kappa shape index (κ2) is 4.03. The van der Waals surface area contributed by atoms with Crippen LogP contribution in [0.2, 0.25) is 0 Å². The van der Waals surface area contributed by atoms with E-state index in [9.17, 15) is 0 Å². The summed E-state index contributed by atoms with van der Waals surface area (Å²) in [6.07, 6.45) is 0. The number of hydrogen-bond donors (Lipinski definition) is 0. The zero-order valence-electron chi connectivity index (χ0n) is 9.48. The first-order valence-corrected chi connectivity index (χ1v) is 6.02. The van der Waals surface area contributed by atoms with Crippen molar-refractivity contribution in [2.75, 3.05) is 6.79 Å². The van der Waals surface area contributed by atoms with Crippen LogP contribution >= 0.6 is 15.9 Å². The predicted molar refractivity (Wildman–Crippen MR) is 67.2 cm³/mol. The van der Waals surface area contributed by atoms with Gasteiger partial charge in [0.1, 0.15) is 16.5 Å². The molecule has 0 bridgehead atoms. The van der Waals surface area contributed by atoms with Crippen LogP contribution < -0.4 is 9.47 Å². The Kier molecular flexibility index (Phi) is 2.49. The van der Waals surface area contributed by atoms with Crippen LogP contribution in [-0.2, 0) is 7.05 Å². The topological polar surface area (TPSA) is 60.1 Å². The Morgan fingerprint density at radius 2 is 2.17 bits per heavy atom. The summed E-state index contributed by atoms with van der Waals surface area (Å²) >= 11 is 3.34. The number of fused-ring (bicyclic) bond motifs is 1. The molecule has 0 radical (unpaired) electrons. The maximum absolute atomic E-state index is 8.96. The van der Waals surface area contributed by atoms with Gasteiger partial charge in [0.25, 0.3) is 0 Å². The van der Waals surface area contributed by atoms with Crippen molar-refractivity contribution in [1.29, 1.82) is 5.26 Å². The number of nitrogens with zero attached hydrogens (tertiary/aromatic N) is 3. The van der Waals surface area contributed by atoms with Crippen molar-refractivity contribution in [3.8, 4) is 29.0 Å². The molecule has 5 nitrogen and oxygen atoms in total. The van der Waals surface area contributed by atoms with Crippen LogP contribution in [0.1, 0.15) is 5.69 Å². The van der Waals surface area contributed by atoms with E-state index in [0.717, 1.165) is 11.3 Å². The lowest BCUT2D eigenvalue weighted by Gasteiger charge is -2.03. The summed E-state index contributed by atoms with van der Waals surface area (Å²) in [5.74, 6) is 2.13. The average Bonchev–Trinajstić information content (AvgIpc) is 2.95. The molecule has 0 spiro atoms. The Morgan fingerprint density at radius 1 is 1.39 bits per heavy atom. The van der Waals surface area contributed by atoms with E-state index in [1.165, 1.54) is 0 Å². The third kappa shape index (κ3) is 1.56. The van der Waals surface area contributed by atoms with Crippen molar-refractivity contribution in [2.24, 2.45) is 7.05 Å². The number of aromatic nitrogens is 2. The van der Waals surface area contributed by atoms with E-state index in [1.807, 2.05) is 35.9 Å². The van der Waals surface area contributed by atoms with Crippen LogP contribution in [-0.4, -0.2) is 16.3 Å². The van der Waals surface area contributed by atoms with Crippen LogP contribution in [0.5, 0.6) is 11.5 Å². The number of hydrogen-bond acceptors (Lipinski definition) is 4. The molecule has 0 saturated heterocycles. The fourth-order valence-electron chi connectivity index (χ4n) is 1.84. The molecule has 1 aliphatic heterocycles. The minimum Gasteiger partial charge on any atom is -0.454 e. The Labute approximate surface area is 112 Å². The van der Waals surface area contributed by atoms with Crippen LogP contribution in [0.15, 0.2) is 22.8 Å². The van der Waals surface area contributed by atoms with Gasteiger partial charge >= 0.3 is 0 Å². The average molecular weight is 306 g/mol. The molecule has 3 rings (SSSR count). The lowest BCUT2D eigenvalue weighted by molar-refractivity contribution is 0.174. The van der Waals surface area contributed by atoms with Gasteiger partial charge in [-0.15, -0.1) is 0 Å². The highest BCUT2D eigenvalue weighted by atomic mass is 79.9. The molecule has 0 saturated carbocycles. The molecule has 1 aliphatic rings. The van der Waals surface area contributed by atoms with Gasteiger partial charge in [0, 0.05) is 12.6 Å². The lowest BCUT2D eigenvalue weighted by atomic mass is 10.2. The van der Waals surface area contributed by atoms with Gasteiger partial charge in [0.15, 0.2) is 17.2 Å². The van der Waals surface area contributed by atoms with E-state index in [2.05, 4.69) is 20.9 Å². The summed E-state index contributed by atoms with van der Waals surface area (Å²) in [6.45, 7) is 0.243. The first-order valence-electron chi connectivity index (χ1n) is 5.23. The molecule has 6 heteroatoms. The van der Waals surface area contributed by atoms with Crippen LogP contribution in [0, 0.1) is 11.3 Å². The first-order chi connectivity index (χ1) is 8.70. The number of ether oxygens (including phenoxy) is 2. The molecule has 1 aromatic heterocycles. The molecule has 2 aromatic rings. The molecule has 0 fully saturated rings. The molecule has 18 heavy (non-hydrogen) atoms. The van der Waals surface area contributed by atoms with E-state index in [-0.39, 0.29) is 6.79 Å². The predicted octanol–water partition coefficient (Wildman–Crippen LogP) is 2.45. The largest absolute Gasteiger partial charge is 0.454 e. The van der Waals surface area contributed by atoms with Crippen molar-refractivity contribution >= 4 is 15.9 Å². The number of nitriles is 1. The molecule has 0 unspecified atom stereocenters. The van der Waals surface area contributed by atoms with Crippen molar-refractivity contribution in [3.63, 3.8) is 0 Å². The normalized spacial score (nSPS) is 12.5. The van der Waals surface area contributed by atoms with E-state index < -0.39 is 0 Å². The molecule has 0 atom stereocenters. The number of benzene rings is 1. The fourth-order valence-corrected chi connectivity index (χ4v) is 2.19. The van der Waals surface area contributed by atoms with Crippen molar-refractivity contribution in [3.05, 3.63) is 28.5 Å². The van der Waals surface area contributed by atoms with Crippen LogP contribution in [0.3, 0.4) is 0 Å². The van der Waals surface area contributed by atoms with Crippen molar-refractivity contribution in [1.82, 2.24) is 9.55 Å². The Bertz CT molecular complexity index is 673. The molecule has 0 amide bonds. The van der Waals surface area contributed by atoms with Gasteiger partial charge in [-0.25, -0.2) is 4.98 Å². The third-order valence-electron chi connectivity index (χ3n) is 2.76. The van der Waals surface area contributed by atoms with Crippen LogP contribution in [0.4, 0.5) is 0 Å². The monoisotopic (exact) mass is 305 g/mol.